The molecule has 7 nitrogen and oxygen atoms in total. The van der Waals surface area contributed by atoms with E-state index in [9.17, 15) is 4.79 Å². The van der Waals surface area contributed by atoms with Crippen molar-refractivity contribution in [2.45, 2.75) is 13.3 Å². The summed E-state index contributed by atoms with van der Waals surface area (Å²) in [6.07, 6.45) is 0.767. The summed E-state index contributed by atoms with van der Waals surface area (Å²) in [7, 11) is 3.98. The number of ether oxygens (including phenoxy) is 1. The molecule has 0 aliphatic carbocycles. The zero-order valence-corrected chi connectivity index (χ0v) is 21.2. The highest BCUT2D eigenvalue weighted by Crippen LogP contribution is 2.38. The van der Waals surface area contributed by atoms with Gasteiger partial charge in [0.25, 0.3) is 5.91 Å². The molecule has 5 rings (SSSR count). The van der Waals surface area contributed by atoms with Crippen molar-refractivity contribution in [3.63, 3.8) is 0 Å². The largest absolute Gasteiger partial charge is 0.491 e. The van der Waals surface area contributed by atoms with Gasteiger partial charge >= 0.3 is 0 Å². The zero-order chi connectivity index (χ0) is 25.2. The monoisotopic (exact) mass is 502 g/mol. The van der Waals surface area contributed by atoms with E-state index in [1.54, 1.807) is 11.8 Å². The summed E-state index contributed by atoms with van der Waals surface area (Å²) in [6.45, 7) is 3.69. The van der Waals surface area contributed by atoms with Crippen LogP contribution in [0.1, 0.15) is 21.8 Å². The second-order valence-electron chi connectivity index (χ2n) is 9.06. The van der Waals surface area contributed by atoms with Crippen molar-refractivity contribution in [1.29, 1.82) is 0 Å². The highest BCUT2D eigenvalue weighted by Gasteiger charge is 2.27. The molecule has 0 bridgehead atoms. The van der Waals surface area contributed by atoms with Gasteiger partial charge in [-0.25, -0.2) is 0 Å². The fraction of sp³-hybridized carbons (Fsp3) is 0.250. The summed E-state index contributed by atoms with van der Waals surface area (Å²) >= 11 is 6.44. The van der Waals surface area contributed by atoms with Crippen LogP contribution in [-0.2, 0) is 6.42 Å². The van der Waals surface area contributed by atoms with Gasteiger partial charge in [0.05, 0.1) is 10.7 Å². The maximum Gasteiger partial charge on any atom is 0.258 e. The van der Waals surface area contributed by atoms with Gasteiger partial charge < -0.3 is 19.1 Å². The SMILES string of the molecule is Cc1nc(-c2ccc(-c3ccc(C(=O)N4CCc5cc(Cl)c(OCCN(C)C)cc54)cc3)cc2)no1. The molecule has 0 fully saturated rings. The van der Waals surface area contributed by atoms with E-state index >= 15 is 0 Å². The average molecular weight is 503 g/mol. The van der Waals surface area contributed by atoms with E-state index in [-0.39, 0.29) is 5.91 Å². The van der Waals surface area contributed by atoms with Crippen molar-refractivity contribution < 1.29 is 14.1 Å². The normalized spacial score (nSPS) is 12.8. The average Bonchev–Trinajstić information content (AvgIpc) is 3.49. The van der Waals surface area contributed by atoms with E-state index < -0.39 is 0 Å². The second-order valence-corrected chi connectivity index (χ2v) is 9.47. The highest BCUT2D eigenvalue weighted by molar-refractivity contribution is 6.32. The summed E-state index contributed by atoms with van der Waals surface area (Å²) < 4.78 is 10.9. The number of nitrogens with zero attached hydrogens (tertiary/aromatic N) is 4. The maximum absolute atomic E-state index is 13.4. The van der Waals surface area contributed by atoms with Crippen LogP contribution in [-0.4, -0.2) is 54.7 Å². The van der Waals surface area contributed by atoms with E-state index in [1.807, 2.05) is 79.7 Å². The summed E-state index contributed by atoms with van der Waals surface area (Å²) in [5.74, 6) is 1.67. The van der Waals surface area contributed by atoms with Crippen molar-refractivity contribution in [3.8, 4) is 28.3 Å². The first kappa shape index (κ1) is 24.0. The van der Waals surface area contributed by atoms with Crippen molar-refractivity contribution in [1.82, 2.24) is 15.0 Å². The predicted octanol–water partition coefficient (Wildman–Crippen LogP) is 5.51. The molecule has 2 heterocycles. The lowest BCUT2D eigenvalue weighted by atomic mass is 10.0. The number of hydrogen-bond acceptors (Lipinski definition) is 6. The topological polar surface area (TPSA) is 71.7 Å². The van der Waals surface area contributed by atoms with Crippen LogP contribution in [0.15, 0.2) is 65.2 Å². The van der Waals surface area contributed by atoms with E-state index in [1.165, 1.54) is 0 Å². The number of benzene rings is 3. The van der Waals surface area contributed by atoms with Crippen LogP contribution < -0.4 is 9.64 Å². The summed E-state index contributed by atoms with van der Waals surface area (Å²) in [5, 5.41) is 4.54. The molecule has 0 spiro atoms. The lowest BCUT2D eigenvalue weighted by Gasteiger charge is -2.19. The van der Waals surface area contributed by atoms with Crippen molar-refractivity contribution in [3.05, 3.63) is 82.7 Å². The third-order valence-corrected chi connectivity index (χ3v) is 6.50. The summed E-state index contributed by atoms with van der Waals surface area (Å²) in [6, 6.07) is 19.4. The van der Waals surface area contributed by atoms with Gasteiger partial charge in [0.1, 0.15) is 12.4 Å². The molecule has 0 radical (unpaired) electrons. The number of rotatable bonds is 7. The standard InChI is InChI=1S/C28H27ClN4O3/c1-18-30-27(31-36-18)21-8-4-19(5-9-21)20-6-10-22(11-7-20)28(34)33-13-12-23-16-24(29)26(17-25(23)33)35-15-14-32(2)3/h4-11,16-17H,12-15H2,1-3H3. The van der Waals surface area contributed by atoms with E-state index in [4.69, 9.17) is 20.9 Å². The van der Waals surface area contributed by atoms with Crippen LogP contribution in [0.25, 0.3) is 22.5 Å². The molecule has 0 N–H and O–H groups in total. The number of anilines is 1. The minimum Gasteiger partial charge on any atom is -0.491 e. The molecule has 0 saturated carbocycles. The molecule has 0 saturated heterocycles. The molecule has 184 valence electrons. The van der Waals surface area contributed by atoms with Gasteiger partial charge in [-0.05, 0) is 55.4 Å². The lowest BCUT2D eigenvalue weighted by Crippen LogP contribution is -2.28. The van der Waals surface area contributed by atoms with Crippen molar-refractivity contribution in [2.75, 3.05) is 38.7 Å². The number of aromatic nitrogens is 2. The Balaban J connectivity index is 1.31. The van der Waals surface area contributed by atoms with Gasteiger partial charge in [0.2, 0.25) is 11.7 Å². The molecule has 8 heteroatoms. The highest BCUT2D eigenvalue weighted by atomic mass is 35.5. The summed E-state index contributed by atoms with van der Waals surface area (Å²) in [4.78, 5) is 21.5. The van der Waals surface area contributed by atoms with E-state index in [0.29, 0.717) is 41.2 Å². The number of fused-ring (bicyclic) bond motifs is 1. The molecule has 0 atom stereocenters. The number of aryl methyl sites for hydroxylation is 1. The van der Waals surface area contributed by atoms with Gasteiger partial charge in [-0.1, -0.05) is 53.2 Å². The Hall–Kier alpha value is -3.68. The minimum absolute atomic E-state index is 0.0373. The molecule has 36 heavy (non-hydrogen) atoms. The molecule has 1 amide bonds. The van der Waals surface area contributed by atoms with Crippen LogP contribution >= 0.6 is 11.6 Å². The third-order valence-electron chi connectivity index (χ3n) is 6.21. The van der Waals surface area contributed by atoms with Gasteiger partial charge in [0.15, 0.2) is 0 Å². The molecule has 0 unspecified atom stereocenters. The Morgan fingerprint density at radius 1 is 1.06 bits per heavy atom. The molecule has 1 aliphatic heterocycles. The number of hydrogen-bond donors (Lipinski definition) is 0. The van der Waals surface area contributed by atoms with Gasteiger partial charge in [-0.3, -0.25) is 4.79 Å². The van der Waals surface area contributed by atoms with Crippen LogP contribution in [0.2, 0.25) is 5.02 Å². The number of halogens is 1. The molecule has 4 aromatic rings. The fourth-order valence-electron chi connectivity index (χ4n) is 4.24. The van der Waals surface area contributed by atoms with Crippen LogP contribution in [0.4, 0.5) is 5.69 Å². The van der Waals surface area contributed by atoms with Crippen LogP contribution in [0, 0.1) is 6.92 Å². The Morgan fingerprint density at radius 2 is 1.72 bits per heavy atom. The van der Waals surface area contributed by atoms with E-state index in [0.717, 1.165) is 40.9 Å². The minimum atomic E-state index is -0.0373. The smallest absolute Gasteiger partial charge is 0.258 e. The molecule has 3 aromatic carbocycles. The van der Waals surface area contributed by atoms with Crippen molar-refractivity contribution >= 4 is 23.2 Å². The van der Waals surface area contributed by atoms with Gasteiger partial charge in [-0.15, -0.1) is 0 Å². The van der Waals surface area contributed by atoms with Gasteiger partial charge in [-0.2, -0.15) is 4.98 Å². The predicted molar refractivity (Wildman–Crippen MR) is 141 cm³/mol. The number of amides is 1. The molecule has 1 aliphatic rings. The Morgan fingerprint density at radius 3 is 2.36 bits per heavy atom. The molecular weight excluding hydrogens is 476 g/mol. The van der Waals surface area contributed by atoms with E-state index in [2.05, 4.69) is 10.1 Å². The van der Waals surface area contributed by atoms with Gasteiger partial charge in [0, 0.05) is 37.2 Å². The lowest BCUT2D eigenvalue weighted by molar-refractivity contribution is 0.0989. The number of likely N-dealkylation sites (N-methyl/N-ethyl adjacent to an activating group) is 1. The Kier molecular flexibility index (Phi) is 6.76. The van der Waals surface area contributed by atoms with Crippen LogP contribution in [0.5, 0.6) is 5.75 Å². The number of carbonyl (C=O) groups is 1. The first-order valence-electron chi connectivity index (χ1n) is 11.8. The third kappa shape index (κ3) is 4.98. The second kappa shape index (κ2) is 10.1. The Labute approximate surface area is 215 Å². The first-order chi connectivity index (χ1) is 17.4. The first-order valence-corrected chi connectivity index (χ1v) is 12.2. The van der Waals surface area contributed by atoms with Crippen molar-refractivity contribution in [2.24, 2.45) is 0 Å². The molecule has 1 aromatic heterocycles. The molecular formula is C28H27ClN4O3. The van der Waals surface area contributed by atoms with Crippen LogP contribution in [0.3, 0.4) is 0 Å². The quantitative estimate of drug-likeness (QED) is 0.332. The summed E-state index contributed by atoms with van der Waals surface area (Å²) in [5.41, 5.74) is 5.50. The number of carbonyl (C=O) groups excluding carboxylic acids is 1. The Bertz CT molecular complexity index is 1380. The maximum atomic E-state index is 13.4. The zero-order valence-electron chi connectivity index (χ0n) is 20.5. The fourth-order valence-corrected chi connectivity index (χ4v) is 4.48.